The monoisotopic (exact) mass is 269 g/mol. The Bertz CT molecular complexity index is 924. The summed E-state index contributed by atoms with van der Waals surface area (Å²) in [6.45, 7) is -0.556. The molecular weight excluding hydrogens is 238 g/mol. The second-order valence-corrected chi connectivity index (χ2v) is 3.96. The number of anilines is 1. The molecule has 0 aliphatic rings. The number of rotatable bonds is 6. The third-order valence-corrected chi connectivity index (χ3v) is 2.53. The predicted molar refractivity (Wildman–Crippen MR) is 79.7 cm³/mol. The first kappa shape index (κ1) is 5.67. The van der Waals surface area contributed by atoms with Crippen molar-refractivity contribution in [2.45, 2.75) is 25.8 Å². The molecule has 3 N–H and O–H groups in total. The summed E-state index contributed by atoms with van der Waals surface area (Å²) >= 11 is 0. The van der Waals surface area contributed by atoms with Crippen LogP contribution in [0.5, 0.6) is 5.75 Å². The minimum Gasteiger partial charge on any atom is -0.497 e. The van der Waals surface area contributed by atoms with Crippen molar-refractivity contribution in [1.82, 2.24) is 4.98 Å². The fourth-order valence-electron chi connectivity index (χ4n) is 1.64. The fraction of sp³-hybridized carbons (Fsp3) is 0.400. The van der Waals surface area contributed by atoms with Crippen LogP contribution in [0.1, 0.15) is 33.5 Å². The maximum atomic E-state index is 8.38. The largest absolute Gasteiger partial charge is 0.497 e. The molecule has 1 unspecified atom stereocenters. The molecule has 4 nitrogen and oxygen atoms in total. The van der Waals surface area contributed by atoms with Crippen molar-refractivity contribution in [3.05, 3.63) is 30.4 Å². The highest BCUT2D eigenvalue weighted by atomic mass is 16.5. The highest BCUT2D eigenvalue weighted by molar-refractivity contribution is 5.91. The summed E-state index contributed by atoms with van der Waals surface area (Å²) < 4.78 is 81.7. The Kier molecular flexibility index (Phi) is 1.91. The Morgan fingerprint density at radius 3 is 3.42 bits per heavy atom. The zero-order valence-electron chi connectivity index (χ0n) is 20.4. The zero-order chi connectivity index (χ0) is 22.4. The smallest absolute Gasteiger partial charge is 0.121 e. The number of fused-ring (bicyclic) bond motifs is 1. The van der Waals surface area contributed by atoms with Gasteiger partial charge in [0.15, 0.2) is 0 Å². The molecule has 0 radical (unpaired) electrons. The number of hydrogen-bond acceptors (Lipinski definition) is 4. The minimum absolute atomic E-state index is 0.0207. The van der Waals surface area contributed by atoms with E-state index in [2.05, 4.69) is 10.3 Å². The van der Waals surface area contributed by atoms with E-state index in [0.29, 0.717) is 0 Å². The van der Waals surface area contributed by atoms with Crippen LogP contribution in [-0.2, 0) is 0 Å². The Labute approximate surface area is 128 Å². The van der Waals surface area contributed by atoms with Crippen LogP contribution < -0.4 is 15.8 Å². The molecule has 0 saturated carbocycles. The van der Waals surface area contributed by atoms with Gasteiger partial charge in [-0.15, -0.1) is 0 Å². The van der Waals surface area contributed by atoms with Gasteiger partial charge in [0.25, 0.3) is 0 Å². The minimum atomic E-state index is -2.88. The summed E-state index contributed by atoms with van der Waals surface area (Å²) in [4.78, 5) is 3.93. The van der Waals surface area contributed by atoms with E-state index in [4.69, 9.17) is 24.2 Å². The standard InChI is InChI=1S/C15H21N3O/c1-11(5-3-7-16)18-14-10-13(19-2)9-12-6-4-8-17-15(12)14/h4,6,8-11,18H,3,5,7,16H2,1-2H3/i2D3,4D,6D,7D2,8D,9D,11D. The second kappa shape index (κ2) is 6.38. The Morgan fingerprint density at radius 1 is 1.74 bits per heavy atom. The normalized spacial score (nSPS) is 23.1. The van der Waals surface area contributed by atoms with Crippen LogP contribution in [0.3, 0.4) is 0 Å². The van der Waals surface area contributed by atoms with Crippen LogP contribution in [0.15, 0.2) is 30.4 Å². The van der Waals surface area contributed by atoms with Gasteiger partial charge < -0.3 is 15.8 Å². The quantitative estimate of drug-likeness (QED) is 0.846. The SMILES string of the molecule is [2H]c1nc2c(NC([2H])(C)CCC([2H])([2H])N)cc(OC([2H])([2H])[2H])c([2H])c2c([2H])c1[2H]. The molecule has 0 fully saturated rings. The van der Waals surface area contributed by atoms with E-state index in [1.54, 1.807) is 0 Å². The molecule has 0 bridgehead atoms. The van der Waals surface area contributed by atoms with Crippen molar-refractivity contribution in [1.29, 1.82) is 0 Å². The molecule has 4 heteroatoms. The number of hydrogen-bond donors (Lipinski definition) is 2. The molecule has 19 heavy (non-hydrogen) atoms. The first-order valence-electron chi connectivity index (χ1n) is 10.7. The number of nitrogens with one attached hydrogen (secondary N) is 1. The predicted octanol–water partition coefficient (Wildman–Crippen LogP) is 2.78. The van der Waals surface area contributed by atoms with Crippen LogP contribution in [0, 0.1) is 0 Å². The van der Waals surface area contributed by atoms with Gasteiger partial charge in [-0.25, -0.2) is 0 Å². The molecule has 0 aliphatic heterocycles. The molecule has 0 amide bonds. The summed E-state index contributed by atoms with van der Waals surface area (Å²) in [5.41, 5.74) is 5.29. The van der Waals surface area contributed by atoms with Crippen LogP contribution in [0.4, 0.5) is 5.69 Å². The van der Waals surface area contributed by atoms with Crippen molar-refractivity contribution < 1.29 is 18.4 Å². The number of methoxy groups -OCH3 is 1. The molecule has 1 aromatic carbocycles. The fourth-order valence-corrected chi connectivity index (χ4v) is 1.64. The van der Waals surface area contributed by atoms with E-state index in [0.717, 1.165) is 6.07 Å². The number of benzene rings is 1. The van der Waals surface area contributed by atoms with E-state index in [1.807, 2.05) is 0 Å². The summed E-state index contributed by atoms with van der Waals surface area (Å²) in [6, 6.07) is -1.85. The highest BCUT2D eigenvalue weighted by Gasteiger charge is 2.08. The van der Waals surface area contributed by atoms with Gasteiger partial charge in [0.2, 0.25) is 0 Å². The van der Waals surface area contributed by atoms with Crippen LogP contribution >= 0.6 is 0 Å². The van der Waals surface area contributed by atoms with Gasteiger partial charge in [-0.2, -0.15) is 0 Å². The van der Waals surface area contributed by atoms with Gasteiger partial charge >= 0.3 is 0 Å². The summed E-state index contributed by atoms with van der Waals surface area (Å²) in [7, 11) is -2.88. The van der Waals surface area contributed by atoms with Crippen LogP contribution in [-0.4, -0.2) is 24.5 Å². The third-order valence-electron chi connectivity index (χ3n) is 2.53. The van der Waals surface area contributed by atoms with Gasteiger partial charge in [0.05, 0.1) is 29.2 Å². The van der Waals surface area contributed by atoms with Crippen molar-refractivity contribution >= 4 is 16.6 Å². The summed E-state index contributed by atoms with van der Waals surface area (Å²) in [5.74, 6) is -0.405. The van der Waals surface area contributed by atoms with E-state index >= 15 is 0 Å². The Morgan fingerprint density at radius 2 is 2.63 bits per heavy atom. The number of nitrogens with two attached hydrogens (primary N) is 1. The maximum Gasteiger partial charge on any atom is 0.121 e. The number of aromatic nitrogens is 1. The molecule has 102 valence electrons. The van der Waals surface area contributed by atoms with Gasteiger partial charge in [0, 0.05) is 26.4 Å². The number of ether oxygens (including phenoxy) is 1. The molecular formula is C15H21N3O. The van der Waals surface area contributed by atoms with Gasteiger partial charge in [-0.3, -0.25) is 4.98 Å². The molecule has 1 atom stereocenters. The average molecular weight is 269 g/mol. The van der Waals surface area contributed by atoms with Gasteiger partial charge in [-0.1, -0.05) is 6.04 Å². The van der Waals surface area contributed by atoms with Crippen LogP contribution in [0.25, 0.3) is 10.9 Å². The lowest BCUT2D eigenvalue weighted by Gasteiger charge is -2.17. The Balaban J connectivity index is 2.65. The number of pyridine rings is 1. The summed E-state index contributed by atoms with van der Waals surface area (Å²) in [5, 5.41) is 2.57. The zero-order valence-corrected chi connectivity index (χ0v) is 10.4. The van der Waals surface area contributed by atoms with Crippen LogP contribution in [0.2, 0.25) is 0 Å². The van der Waals surface area contributed by atoms with E-state index in [-0.39, 0.29) is 29.4 Å². The topological polar surface area (TPSA) is 60.2 Å². The lowest BCUT2D eigenvalue weighted by molar-refractivity contribution is 0.415. The van der Waals surface area contributed by atoms with Crippen molar-refractivity contribution in [2.24, 2.45) is 5.73 Å². The van der Waals surface area contributed by atoms with E-state index in [1.165, 1.54) is 6.92 Å². The van der Waals surface area contributed by atoms with Crippen molar-refractivity contribution in [2.75, 3.05) is 18.9 Å². The van der Waals surface area contributed by atoms with Crippen molar-refractivity contribution in [3.8, 4) is 5.75 Å². The lowest BCUT2D eigenvalue weighted by atomic mass is 10.1. The second-order valence-electron chi connectivity index (χ2n) is 3.96. The van der Waals surface area contributed by atoms with E-state index in [9.17, 15) is 0 Å². The number of nitrogens with zero attached hydrogens (tertiary/aromatic N) is 1. The Hall–Kier alpha value is -1.81. The van der Waals surface area contributed by atoms with Crippen molar-refractivity contribution in [3.63, 3.8) is 0 Å². The molecule has 0 aliphatic carbocycles. The summed E-state index contributed by atoms with van der Waals surface area (Å²) in [6.07, 6.45) is -0.696. The highest BCUT2D eigenvalue weighted by Crippen LogP contribution is 2.28. The third kappa shape index (κ3) is 3.35. The molecule has 2 aromatic rings. The maximum absolute atomic E-state index is 8.38. The van der Waals surface area contributed by atoms with E-state index < -0.39 is 49.6 Å². The molecule has 2 rings (SSSR count). The molecule has 1 heterocycles. The lowest BCUT2D eigenvalue weighted by Crippen LogP contribution is -2.17. The first-order valence-corrected chi connectivity index (χ1v) is 5.68. The average Bonchev–Trinajstić information content (AvgIpc) is 2.53. The van der Waals surface area contributed by atoms with Gasteiger partial charge in [0.1, 0.15) is 5.75 Å². The molecule has 0 saturated heterocycles. The molecule has 0 spiro atoms. The van der Waals surface area contributed by atoms with Gasteiger partial charge in [-0.05, 0) is 38.3 Å². The molecule has 1 aromatic heterocycles. The first-order chi connectivity index (χ1) is 13.0.